The molecule has 0 aromatic heterocycles. The summed E-state index contributed by atoms with van der Waals surface area (Å²) < 4.78 is 18.5. The van der Waals surface area contributed by atoms with Gasteiger partial charge in [-0.3, -0.25) is 4.79 Å². The standard InChI is InChI=1S/C28H29BrN2O5/c1-30-27(33)28(18-19-7-11-22(29)12-8-19)25(21-5-3-6-24(17-21)34-2)36-26(31-28)20-9-13-23(14-10-20)35-16-4-15-32/h3,5-14,17,25,32H,4,15-16,18H2,1-2H3,(H,30,33)/t25-,28-/m1/s1. The molecule has 0 fully saturated rings. The zero-order chi connectivity index (χ0) is 25.5. The van der Waals surface area contributed by atoms with E-state index >= 15 is 0 Å². The monoisotopic (exact) mass is 552 g/mol. The van der Waals surface area contributed by atoms with Crippen molar-refractivity contribution in [2.45, 2.75) is 24.5 Å². The molecule has 36 heavy (non-hydrogen) atoms. The SMILES string of the molecule is CNC(=O)[C@]1(Cc2ccc(Br)cc2)N=C(c2ccc(OCCCO)cc2)O[C@@H]1c1cccc(OC)c1. The molecule has 3 aromatic rings. The van der Waals surface area contributed by atoms with E-state index in [0.29, 0.717) is 36.8 Å². The quantitative estimate of drug-likeness (QED) is 0.362. The van der Waals surface area contributed by atoms with Crippen LogP contribution in [0.5, 0.6) is 11.5 Å². The van der Waals surface area contributed by atoms with Crippen molar-refractivity contribution in [3.05, 3.63) is 94.0 Å². The molecule has 2 atom stereocenters. The fraction of sp³-hybridized carbons (Fsp3) is 0.286. The number of likely N-dealkylation sites (N-methyl/N-ethyl adjacent to an activating group) is 1. The minimum absolute atomic E-state index is 0.0777. The van der Waals surface area contributed by atoms with E-state index in [-0.39, 0.29) is 12.5 Å². The first-order valence-electron chi connectivity index (χ1n) is 11.7. The van der Waals surface area contributed by atoms with Gasteiger partial charge in [0.05, 0.1) is 13.7 Å². The summed E-state index contributed by atoms with van der Waals surface area (Å²) in [5, 5.41) is 11.8. The zero-order valence-corrected chi connectivity index (χ0v) is 21.8. The van der Waals surface area contributed by atoms with Crippen LogP contribution in [0.15, 0.2) is 82.3 Å². The lowest BCUT2D eigenvalue weighted by Crippen LogP contribution is -2.48. The van der Waals surface area contributed by atoms with Gasteiger partial charge in [0, 0.05) is 36.5 Å². The normalized spacial score (nSPS) is 18.8. The third-order valence-electron chi connectivity index (χ3n) is 6.04. The fourth-order valence-electron chi connectivity index (χ4n) is 4.22. The van der Waals surface area contributed by atoms with Gasteiger partial charge in [-0.25, -0.2) is 4.99 Å². The second-order valence-electron chi connectivity index (χ2n) is 8.45. The molecule has 0 radical (unpaired) electrons. The van der Waals surface area contributed by atoms with Crippen molar-refractivity contribution in [3.8, 4) is 11.5 Å². The maximum absolute atomic E-state index is 13.5. The lowest BCUT2D eigenvalue weighted by atomic mass is 9.82. The smallest absolute Gasteiger partial charge is 0.252 e. The van der Waals surface area contributed by atoms with Gasteiger partial charge >= 0.3 is 0 Å². The summed E-state index contributed by atoms with van der Waals surface area (Å²) in [5.74, 6) is 1.49. The van der Waals surface area contributed by atoms with Crippen LogP contribution in [-0.2, 0) is 16.0 Å². The topological polar surface area (TPSA) is 89.4 Å². The number of benzene rings is 3. The Morgan fingerprint density at radius 3 is 2.53 bits per heavy atom. The Labute approximate surface area is 219 Å². The van der Waals surface area contributed by atoms with Gasteiger partial charge in [0.25, 0.3) is 5.91 Å². The molecule has 1 amide bonds. The fourth-order valence-corrected chi connectivity index (χ4v) is 4.48. The number of aliphatic hydroxyl groups excluding tert-OH is 1. The number of carbonyl (C=O) groups is 1. The van der Waals surface area contributed by atoms with Crippen molar-refractivity contribution >= 4 is 27.7 Å². The Morgan fingerprint density at radius 1 is 1.11 bits per heavy atom. The number of hydrogen-bond acceptors (Lipinski definition) is 6. The molecule has 7 nitrogen and oxygen atoms in total. The van der Waals surface area contributed by atoms with E-state index in [1.807, 2.05) is 72.8 Å². The van der Waals surface area contributed by atoms with E-state index in [2.05, 4.69) is 21.2 Å². The van der Waals surface area contributed by atoms with Crippen LogP contribution in [0.2, 0.25) is 0 Å². The first-order valence-corrected chi connectivity index (χ1v) is 12.5. The number of carbonyl (C=O) groups excluding carboxylic acids is 1. The Morgan fingerprint density at radius 2 is 1.86 bits per heavy atom. The van der Waals surface area contributed by atoms with E-state index in [1.165, 1.54) is 0 Å². The molecule has 1 aliphatic heterocycles. The Kier molecular flexibility index (Phi) is 8.28. The maximum atomic E-state index is 13.5. The molecule has 3 aromatic carbocycles. The molecular formula is C28H29BrN2O5. The third-order valence-corrected chi connectivity index (χ3v) is 6.57. The summed E-state index contributed by atoms with van der Waals surface area (Å²) in [7, 11) is 3.22. The van der Waals surface area contributed by atoms with Crippen molar-refractivity contribution in [1.29, 1.82) is 0 Å². The highest BCUT2D eigenvalue weighted by Gasteiger charge is 2.53. The number of rotatable bonds is 10. The van der Waals surface area contributed by atoms with Gasteiger partial charge in [-0.1, -0.05) is 40.2 Å². The first-order chi connectivity index (χ1) is 17.5. The summed E-state index contributed by atoms with van der Waals surface area (Å²) in [5.41, 5.74) is 1.24. The minimum atomic E-state index is -1.24. The summed E-state index contributed by atoms with van der Waals surface area (Å²) in [6.07, 6.45) is 0.227. The van der Waals surface area contributed by atoms with Gasteiger partial charge < -0.3 is 24.6 Å². The Balaban J connectivity index is 1.76. The van der Waals surface area contributed by atoms with Crippen LogP contribution in [-0.4, -0.2) is 49.8 Å². The number of halogens is 1. The highest BCUT2D eigenvalue weighted by atomic mass is 79.9. The second-order valence-corrected chi connectivity index (χ2v) is 9.36. The van der Waals surface area contributed by atoms with E-state index in [4.69, 9.17) is 24.3 Å². The molecule has 0 saturated carbocycles. The van der Waals surface area contributed by atoms with Crippen molar-refractivity contribution in [1.82, 2.24) is 5.32 Å². The Bertz CT molecular complexity index is 1210. The summed E-state index contributed by atoms with van der Waals surface area (Å²) >= 11 is 3.48. The highest BCUT2D eigenvalue weighted by Crippen LogP contribution is 2.43. The van der Waals surface area contributed by atoms with Gasteiger partial charge in [-0.2, -0.15) is 0 Å². The summed E-state index contributed by atoms with van der Waals surface area (Å²) in [6.45, 7) is 0.506. The molecule has 1 heterocycles. The molecule has 0 aliphatic carbocycles. The number of ether oxygens (including phenoxy) is 3. The molecule has 8 heteroatoms. The van der Waals surface area contributed by atoms with Crippen LogP contribution in [0.3, 0.4) is 0 Å². The van der Waals surface area contributed by atoms with Crippen molar-refractivity contribution in [2.24, 2.45) is 4.99 Å². The van der Waals surface area contributed by atoms with Crippen molar-refractivity contribution in [3.63, 3.8) is 0 Å². The molecule has 0 unspecified atom stereocenters. The summed E-state index contributed by atoms with van der Waals surface area (Å²) in [6, 6.07) is 22.7. The van der Waals surface area contributed by atoms with Gasteiger partial charge in [-0.15, -0.1) is 0 Å². The summed E-state index contributed by atoms with van der Waals surface area (Å²) in [4.78, 5) is 18.5. The maximum Gasteiger partial charge on any atom is 0.252 e. The molecule has 188 valence electrons. The van der Waals surface area contributed by atoms with E-state index in [9.17, 15) is 4.79 Å². The number of aliphatic imine (C=N–C) groups is 1. The molecule has 0 saturated heterocycles. The highest BCUT2D eigenvalue weighted by molar-refractivity contribution is 9.10. The average Bonchev–Trinajstić information content (AvgIpc) is 3.30. The number of nitrogens with zero attached hydrogens (tertiary/aromatic N) is 1. The Hall–Kier alpha value is -3.36. The van der Waals surface area contributed by atoms with Crippen molar-refractivity contribution in [2.75, 3.05) is 27.4 Å². The predicted molar refractivity (Wildman–Crippen MR) is 142 cm³/mol. The van der Waals surface area contributed by atoms with Crippen LogP contribution in [0.4, 0.5) is 0 Å². The molecular weight excluding hydrogens is 524 g/mol. The second kappa shape index (κ2) is 11.6. The zero-order valence-electron chi connectivity index (χ0n) is 20.2. The van der Waals surface area contributed by atoms with Crippen LogP contribution >= 0.6 is 15.9 Å². The average molecular weight is 553 g/mol. The largest absolute Gasteiger partial charge is 0.497 e. The molecule has 2 N–H and O–H groups in total. The van der Waals surface area contributed by atoms with Crippen LogP contribution in [0.25, 0.3) is 0 Å². The lowest BCUT2D eigenvalue weighted by Gasteiger charge is -2.30. The van der Waals surface area contributed by atoms with Gasteiger partial charge in [0.2, 0.25) is 5.90 Å². The number of nitrogens with one attached hydrogen (secondary N) is 1. The molecule has 0 bridgehead atoms. The van der Waals surface area contributed by atoms with Crippen LogP contribution < -0.4 is 14.8 Å². The molecule has 1 aliphatic rings. The van der Waals surface area contributed by atoms with Gasteiger partial charge in [0.1, 0.15) is 11.5 Å². The van der Waals surface area contributed by atoms with Gasteiger partial charge in [0.15, 0.2) is 11.6 Å². The number of methoxy groups -OCH3 is 1. The molecule has 0 spiro atoms. The predicted octanol–water partition coefficient (Wildman–Crippen LogP) is 4.46. The molecule has 4 rings (SSSR count). The van der Waals surface area contributed by atoms with E-state index < -0.39 is 11.6 Å². The minimum Gasteiger partial charge on any atom is -0.497 e. The number of aliphatic hydroxyl groups is 1. The van der Waals surface area contributed by atoms with Crippen molar-refractivity contribution < 1.29 is 24.1 Å². The van der Waals surface area contributed by atoms with Gasteiger partial charge in [-0.05, 0) is 59.7 Å². The third kappa shape index (κ3) is 5.55. The number of amides is 1. The lowest BCUT2D eigenvalue weighted by molar-refractivity contribution is -0.128. The van der Waals surface area contributed by atoms with Crippen LogP contribution in [0.1, 0.15) is 29.2 Å². The van der Waals surface area contributed by atoms with E-state index in [0.717, 1.165) is 21.2 Å². The number of hydrogen-bond donors (Lipinski definition) is 2. The van der Waals surface area contributed by atoms with Crippen LogP contribution in [0, 0.1) is 0 Å². The first kappa shape index (κ1) is 25.7. The van der Waals surface area contributed by atoms with E-state index in [1.54, 1.807) is 14.2 Å².